The number of rotatable bonds is 2. The van der Waals surface area contributed by atoms with Gasteiger partial charge in [0.05, 0.1) is 11.4 Å². The van der Waals surface area contributed by atoms with Crippen LogP contribution in [-0.4, -0.2) is 45.3 Å². The molecule has 0 bridgehead atoms. The van der Waals surface area contributed by atoms with Crippen LogP contribution in [0.15, 0.2) is 24.3 Å². The van der Waals surface area contributed by atoms with Gasteiger partial charge in [0.1, 0.15) is 5.52 Å². The second kappa shape index (κ2) is 3.65. The van der Waals surface area contributed by atoms with Crippen molar-refractivity contribution in [2.75, 3.05) is 13.1 Å². The lowest BCUT2D eigenvalue weighted by Crippen LogP contribution is -2.50. The number of aromatic nitrogens is 3. The number of carbonyl (C=O) groups is 2. The van der Waals surface area contributed by atoms with Gasteiger partial charge in [0.2, 0.25) is 6.41 Å². The first-order valence-electron chi connectivity index (χ1n) is 5.33. The molecule has 1 fully saturated rings. The Morgan fingerprint density at radius 1 is 1.35 bits per heavy atom. The Kier molecular flexibility index (Phi) is 2.14. The van der Waals surface area contributed by atoms with Crippen molar-refractivity contribution in [1.29, 1.82) is 0 Å². The van der Waals surface area contributed by atoms with Gasteiger partial charge in [-0.15, -0.1) is 5.10 Å². The topological polar surface area (TPSA) is 68.1 Å². The number of hydrogen-bond acceptors (Lipinski definition) is 4. The van der Waals surface area contributed by atoms with E-state index in [0.29, 0.717) is 24.1 Å². The molecule has 17 heavy (non-hydrogen) atoms. The number of hydrogen-bond donors (Lipinski definition) is 0. The zero-order valence-electron chi connectivity index (χ0n) is 8.98. The predicted molar refractivity (Wildman–Crippen MR) is 59.3 cm³/mol. The monoisotopic (exact) mass is 230 g/mol. The summed E-state index contributed by atoms with van der Waals surface area (Å²) < 4.78 is 1.32. The quantitative estimate of drug-likeness (QED) is 0.689. The molecule has 1 aromatic carbocycles. The van der Waals surface area contributed by atoms with E-state index in [2.05, 4.69) is 10.3 Å². The molecule has 3 rings (SSSR count). The van der Waals surface area contributed by atoms with Crippen LogP contribution in [0.3, 0.4) is 0 Å². The second-order valence-corrected chi connectivity index (χ2v) is 4.08. The maximum absolute atomic E-state index is 12.1. The third kappa shape index (κ3) is 1.49. The van der Waals surface area contributed by atoms with Gasteiger partial charge in [0.25, 0.3) is 5.91 Å². The number of carbonyl (C=O) groups excluding carboxylic acids is 2. The van der Waals surface area contributed by atoms with Crippen LogP contribution < -0.4 is 0 Å². The lowest BCUT2D eigenvalue weighted by molar-refractivity contribution is -0.122. The fourth-order valence-corrected chi connectivity index (χ4v) is 1.96. The molecule has 86 valence electrons. The van der Waals surface area contributed by atoms with E-state index >= 15 is 0 Å². The molecule has 2 aromatic rings. The van der Waals surface area contributed by atoms with E-state index in [0.717, 1.165) is 6.41 Å². The van der Waals surface area contributed by atoms with Crippen molar-refractivity contribution in [3.8, 4) is 0 Å². The normalized spacial score (nSPS) is 15.9. The highest BCUT2D eigenvalue weighted by atomic mass is 16.2. The number of likely N-dealkylation sites (tertiary alicyclic amines) is 1. The van der Waals surface area contributed by atoms with Crippen molar-refractivity contribution in [3.63, 3.8) is 0 Å². The maximum Gasteiger partial charge on any atom is 0.255 e. The van der Waals surface area contributed by atoms with Crippen molar-refractivity contribution >= 4 is 23.4 Å². The fourth-order valence-electron chi connectivity index (χ4n) is 1.96. The molecule has 1 aliphatic rings. The molecule has 6 heteroatoms. The summed E-state index contributed by atoms with van der Waals surface area (Å²) in [6, 6.07) is 7.31. The number of nitrogens with zero attached hydrogens (tertiary/aromatic N) is 4. The van der Waals surface area contributed by atoms with Crippen molar-refractivity contribution < 1.29 is 9.59 Å². The molecule has 1 aliphatic heterocycles. The minimum atomic E-state index is -0.162. The molecule has 0 saturated carbocycles. The average Bonchev–Trinajstić information content (AvgIpc) is 2.71. The number of fused-ring (bicyclic) bond motifs is 1. The third-order valence-electron chi connectivity index (χ3n) is 2.97. The minimum absolute atomic E-state index is 0.100. The Hall–Kier alpha value is -2.24. The summed E-state index contributed by atoms with van der Waals surface area (Å²) in [5.74, 6) is -0.262. The summed E-state index contributed by atoms with van der Waals surface area (Å²) in [7, 11) is 0. The van der Waals surface area contributed by atoms with Gasteiger partial charge in [-0.3, -0.25) is 9.59 Å². The Bertz CT molecular complexity index is 586. The van der Waals surface area contributed by atoms with E-state index in [4.69, 9.17) is 0 Å². The summed E-state index contributed by atoms with van der Waals surface area (Å²) in [5, 5.41) is 7.79. The lowest BCUT2D eigenvalue weighted by atomic mass is 10.0. The molecule has 0 aliphatic carbocycles. The van der Waals surface area contributed by atoms with E-state index in [1.54, 1.807) is 4.90 Å². The van der Waals surface area contributed by atoms with Crippen molar-refractivity contribution in [2.45, 2.75) is 0 Å². The number of benzene rings is 1. The molecule has 0 spiro atoms. The van der Waals surface area contributed by atoms with Crippen LogP contribution in [-0.2, 0) is 4.79 Å². The third-order valence-corrected chi connectivity index (χ3v) is 2.97. The van der Waals surface area contributed by atoms with Crippen LogP contribution in [0, 0.1) is 5.92 Å². The summed E-state index contributed by atoms with van der Waals surface area (Å²) in [5.41, 5.74) is 1.41. The predicted octanol–water partition coefficient (Wildman–Crippen LogP) is 0.160. The highest BCUT2D eigenvalue weighted by Crippen LogP contribution is 2.18. The zero-order chi connectivity index (χ0) is 11.8. The van der Waals surface area contributed by atoms with Gasteiger partial charge in [-0.25, -0.2) is 0 Å². The van der Waals surface area contributed by atoms with Gasteiger partial charge < -0.3 is 4.90 Å². The minimum Gasteiger partial charge on any atom is -0.344 e. The van der Waals surface area contributed by atoms with E-state index in [9.17, 15) is 9.59 Å². The summed E-state index contributed by atoms with van der Waals surface area (Å²) in [6.45, 7) is 0.938. The van der Waals surface area contributed by atoms with Crippen LogP contribution in [0.2, 0.25) is 0 Å². The van der Waals surface area contributed by atoms with Crippen molar-refractivity contribution in [1.82, 2.24) is 19.9 Å². The number of para-hydroxylation sites is 1. The fraction of sp³-hybridized carbons (Fsp3) is 0.273. The molecule has 6 nitrogen and oxygen atoms in total. The molecular formula is C11H10N4O2. The van der Waals surface area contributed by atoms with Crippen LogP contribution in [0.5, 0.6) is 0 Å². The van der Waals surface area contributed by atoms with Crippen LogP contribution in [0.1, 0.15) is 4.79 Å². The lowest BCUT2D eigenvalue weighted by Gasteiger charge is -2.34. The van der Waals surface area contributed by atoms with E-state index in [-0.39, 0.29) is 11.8 Å². The molecule has 0 radical (unpaired) electrons. The van der Waals surface area contributed by atoms with E-state index in [1.807, 2.05) is 24.3 Å². The van der Waals surface area contributed by atoms with Gasteiger partial charge in [-0.2, -0.15) is 4.68 Å². The van der Waals surface area contributed by atoms with Crippen LogP contribution >= 0.6 is 0 Å². The second-order valence-electron chi connectivity index (χ2n) is 4.08. The van der Waals surface area contributed by atoms with Crippen LogP contribution in [0.25, 0.3) is 11.0 Å². The summed E-state index contributed by atoms with van der Waals surface area (Å²) in [6.07, 6.45) is 0.753. The van der Waals surface area contributed by atoms with Crippen molar-refractivity contribution in [2.24, 2.45) is 5.92 Å². The summed E-state index contributed by atoms with van der Waals surface area (Å²) in [4.78, 5) is 24.1. The zero-order valence-corrected chi connectivity index (χ0v) is 8.98. The Morgan fingerprint density at radius 3 is 2.88 bits per heavy atom. The molecule has 1 saturated heterocycles. The van der Waals surface area contributed by atoms with E-state index < -0.39 is 0 Å². The number of amides is 1. The van der Waals surface area contributed by atoms with Gasteiger partial charge in [-0.05, 0) is 12.1 Å². The first-order chi connectivity index (χ1) is 8.29. The molecular weight excluding hydrogens is 220 g/mol. The standard InChI is InChI=1S/C11H10N4O2/c16-7-14-5-8(6-14)11(17)15-10-4-2-1-3-9(10)12-13-15/h1-4,7-8H,5-6H2. The maximum atomic E-state index is 12.1. The van der Waals surface area contributed by atoms with E-state index in [1.165, 1.54) is 4.68 Å². The highest BCUT2D eigenvalue weighted by Gasteiger charge is 2.33. The highest BCUT2D eigenvalue weighted by molar-refractivity contribution is 5.91. The largest absolute Gasteiger partial charge is 0.344 e. The Balaban J connectivity index is 1.89. The average molecular weight is 230 g/mol. The first kappa shape index (κ1) is 9.95. The Labute approximate surface area is 96.8 Å². The molecule has 1 amide bonds. The van der Waals surface area contributed by atoms with Gasteiger partial charge in [-0.1, -0.05) is 17.3 Å². The van der Waals surface area contributed by atoms with Gasteiger partial charge >= 0.3 is 0 Å². The van der Waals surface area contributed by atoms with Crippen LogP contribution in [0.4, 0.5) is 0 Å². The SMILES string of the molecule is O=CN1CC(C(=O)n2nnc3ccccc32)C1. The molecule has 0 unspecified atom stereocenters. The van der Waals surface area contributed by atoms with Gasteiger partial charge in [0.15, 0.2) is 0 Å². The Morgan fingerprint density at radius 2 is 2.12 bits per heavy atom. The molecule has 2 heterocycles. The first-order valence-corrected chi connectivity index (χ1v) is 5.33. The van der Waals surface area contributed by atoms with Gasteiger partial charge in [0, 0.05) is 13.1 Å². The summed E-state index contributed by atoms with van der Waals surface area (Å²) >= 11 is 0. The van der Waals surface area contributed by atoms with Crippen molar-refractivity contribution in [3.05, 3.63) is 24.3 Å². The molecule has 1 aromatic heterocycles. The molecule has 0 N–H and O–H groups in total. The molecule has 0 atom stereocenters. The smallest absolute Gasteiger partial charge is 0.255 e.